The molecule has 0 bridgehead atoms. The summed E-state index contributed by atoms with van der Waals surface area (Å²) in [6, 6.07) is 3.24. The molecule has 7 atom stereocenters. The number of carbonyl (C=O) groups excluding carboxylic acids is 4. The van der Waals surface area contributed by atoms with E-state index in [4.69, 9.17) is 18.9 Å². The lowest BCUT2D eigenvalue weighted by Gasteiger charge is -2.34. The molecular weight excluding hydrogens is 743 g/mol. The van der Waals surface area contributed by atoms with Crippen LogP contribution in [0, 0.1) is 17.8 Å². The number of hydrogen-bond donors (Lipinski definition) is 3. The number of rotatable bonds is 7. The topological polar surface area (TPSA) is 192 Å². The molecule has 16 heteroatoms. The zero-order valence-electron chi connectivity index (χ0n) is 32.7. The number of alkyl carbamates (subject to hydrolysis) is 1. The minimum atomic E-state index is -3.91. The van der Waals surface area contributed by atoms with Crippen LogP contribution in [-0.4, -0.2) is 96.5 Å². The second-order valence-electron chi connectivity index (χ2n) is 16.9. The summed E-state index contributed by atoms with van der Waals surface area (Å²) >= 11 is 0. The summed E-state index contributed by atoms with van der Waals surface area (Å²) < 4.78 is 51.9. The lowest BCUT2D eigenvalue weighted by atomic mass is 9.85. The van der Waals surface area contributed by atoms with E-state index in [-0.39, 0.29) is 37.1 Å². The Morgan fingerprint density at radius 3 is 2.57 bits per heavy atom. The van der Waals surface area contributed by atoms with Crippen molar-refractivity contribution in [1.29, 1.82) is 0 Å². The molecule has 3 fully saturated rings. The van der Waals surface area contributed by atoms with Crippen LogP contribution in [0.3, 0.4) is 0 Å². The third-order valence-electron chi connectivity index (χ3n) is 11.3. The Balaban J connectivity index is 1.23. The normalized spacial score (nSPS) is 30.1. The molecule has 4 amide bonds. The number of amides is 4. The zero-order valence-corrected chi connectivity index (χ0v) is 33.5. The molecule has 2 saturated carbocycles. The minimum absolute atomic E-state index is 0.0311. The number of hydrogen-bond acceptors (Lipinski definition) is 11. The summed E-state index contributed by atoms with van der Waals surface area (Å²) in [4.78, 5) is 62.6. The lowest BCUT2D eigenvalue weighted by Crippen LogP contribution is -2.59. The average molecular weight is 796 g/mol. The number of nitrogens with zero attached hydrogens (tertiary/aromatic N) is 2. The molecular formula is C40H53N5O10S. The van der Waals surface area contributed by atoms with Gasteiger partial charge in [0.25, 0.3) is 5.91 Å². The molecule has 2 aliphatic carbocycles. The van der Waals surface area contributed by atoms with Gasteiger partial charge in [-0.3, -0.25) is 19.1 Å². The van der Waals surface area contributed by atoms with Crippen molar-refractivity contribution in [3.8, 4) is 17.4 Å². The maximum absolute atomic E-state index is 14.9. The first-order valence-electron chi connectivity index (χ1n) is 19.8. The highest BCUT2D eigenvalue weighted by Crippen LogP contribution is 2.46. The van der Waals surface area contributed by atoms with Gasteiger partial charge < -0.3 is 34.5 Å². The SMILES string of the molecule is CC[C@@H]1C[C@H](C)CC/C=C\[C@@H]2C[C@@]2(C(=O)NS(=O)(=O)C2CC2)NC(=O)[C@@H]2C[C@@H](Oc3nccc4c5c(ccc34)OCCO5)CN2C(=O)[C@H]1NC(=O)OC(C)(C)C. The van der Waals surface area contributed by atoms with Crippen LogP contribution in [0.5, 0.6) is 17.4 Å². The highest BCUT2D eigenvalue weighted by atomic mass is 32.2. The fraction of sp³-hybridized carbons (Fsp3) is 0.625. The molecule has 7 rings (SSSR count). The Morgan fingerprint density at radius 1 is 1.07 bits per heavy atom. The van der Waals surface area contributed by atoms with E-state index in [0.29, 0.717) is 62.2 Å². The summed E-state index contributed by atoms with van der Waals surface area (Å²) in [7, 11) is -3.91. The maximum atomic E-state index is 14.9. The van der Waals surface area contributed by atoms with Crippen molar-refractivity contribution >= 4 is 44.6 Å². The molecule has 2 aromatic rings. The van der Waals surface area contributed by atoms with Crippen LogP contribution >= 0.6 is 0 Å². The average Bonchev–Trinajstić information content (AvgIpc) is 4.07. The number of aromatic nitrogens is 1. The Bertz CT molecular complexity index is 2010. The van der Waals surface area contributed by atoms with Crippen LogP contribution in [0.1, 0.15) is 86.0 Å². The summed E-state index contributed by atoms with van der Waals surface area (Å²) in [6.45, 7) is 10.1. The predicted octanol–water partition coefficient (Wildman–Crippen LogP) is 4.13. The number of nitrogens with one attached hydrogen (secondary N) is 3. The second kappa shape index (κ2) is 15.4. The fourth-order valence-corrected chi connectivity index (χ4v) is 9.50. The molecule has 1 saturated heterocycles. The molecule has 3 N–H and O–H groups in total. The standard InChI is InChI=1S/C40H53N5O10S/c1-6-24-19-23(2)9-7-8-10-25-21-40(25,37(48)44-56(50,51)27-11-12-27)43-34(46)30-20-26(22-45(30)36(47)32(24)42-38(49)55-39(3,4)5)54-35-29-13-14-31-33(53-18-17-52-31)28(29)15-16-41-35/h8,10,13-16,23-27,30,32H,6-7,9,11-12,17-22H2,1-5H3,(H,42,49)(H,43,46)(H,44,48)/b10-8-/t23-,24-,25-,26-,30+,32+,40-/m1/s1. The highest BCUT2D eigenvalue weighted by Gasteiger charge is 2.62. The number of carbonyl (C=O) groups is 4. The van der Waals surface area contributed by atoms with E-state index in [2.05, 4.69) is 27.3 Å². The molecule has 5 aliphatic rings. The van der Waals surface area contributed by atoms with Crippen molar-refractivity contribution in [3.05, 3.63) is 36.5 Å². The van der Waals surface area contributed by atoms with Gasteiger partial charge in [-0.25, -0.2) is 18.2 Å². The van der Waals surface area contributed by atoms with Crippen LogP contribution in [-0.2, 0) is 29.1 Å². The van der Waals surface area contributed by atoms with Crippen molar-refractivity contribution < 1.29 is 46.5 Å². The monoisotopic (exact) mass is 795 g/mol. The minimum Gasteiger partial charge on any atom is -0.486 e. The second-order valence-corrected chi connectivity index (χ2v) is 18.8. The third-order valence-corrected chi connectivity index (χ3v) is 13.2. The molecule has 4 heterocycles. The third kappa shape index (κ3) is 8.40. The van der Waals surface area contributed by atoms with E-state index in [0.717, 1.165) is 11.8 Å². The number of sulfonamides is 1. The van der Waals surface area contributed by atoms with Crippen molar-refractivity contribution in [2.24, 2.45) is 17.8 Å². The molecule has 0 radical (unpaired) electrons. The molecule has 1 aromatic heterocycles. The molecule has 3 aliphatic heterocycles. The summed E-state index contributed by atoms with van der Waals surface area (Å²) in [6.07, 6.45) is 7.76. The van der Waals surface area contributed by atoms with Gasteiger partial charge in [0.2, 0.25) is 27.7 Å². The molecule has 1 aromatic carbocycles. The van der Waals surface area contributed by atoms with Gasteiger partial charge in [0.05, 0.1) is 11.8 Å². The van der Waals surface area contributed by atoms with Gasteiger partial charge in [-0.1, -0.05) is 32.4 Å². The van der Waals surface area contributed by atoms with Gasteiger partial charge in [-0.15, -0.1) is 0 Å². The Kier molecular flexibility index (Phi) is 10.9. The van der Waals surface area contributed by atoms with Gasteiger partial charge in [0.1, 0.15) is 42.5 Å². The van der Waals surface area contributed by atoms with E-state index in [1.165, 1.54) is 4.90 Å². The van der Waals surface area contributed by atoms with Crippen molar-refractivity contribution in [1.82, 2.24) is 25.2 Å². The van der Waals surface area contributed by atoms with Gasteiger partial charge in [-0.05, 0) is 89.3 Å². The molecule has 0 unspecified atom stereocenters. The quantitative estimate of drug-likeness (QED) is 0.342. The first-order valence-corrected chi connectivity index (χ1v) is 21.3. The summed E-state index contributed by atoms with van der Waals surface area (Å²) in [5.74, 6) is -1.03. The smallest absolute Gasteiger partial charge is 0.408 e. The molecule has 304 valence electrons. The summed E-state index contributed by atoms with van der Waals surface area (Å²) in [5.41, 5.74) is -2.35. The predicted molar refractivity (Wildman–Crippen MR) is 205 cm³/mol. The first-order chi connectivity index (χ1) is 26.6. The number of fused-ring (bicyclic) bond motifs is 5. The van der Waals surface area contributed by atoms with E-state index < -0.39 is 74.3 Å². The number of benzene rings is 1. The molecule has 15 nitrogen and oxygen atoms in total. The van der Waals surface area contributed by atoms with E-state index in [1.54, 1.807) is 39.1 Å². The zero-order chi connectivity index (χ0) is 40.0. The first kappa shape index (κ1) is 39.6. The van der Waals surface area contributed by atoms with Gasteiger partial charge in [0.15, 0.2) is 11.5 Å². The maximum Gasteiger partial charge on any atom is 0.408 e. The Hall–Kier alpha value is -4.60. The van der Waals surface area contributed by atoms with Crippen LogP contribution in [0.4, 0.5) is 4.79 Å². The Labute approximate surface area is 327 Å². The van der Waals surface area contributed by atoms with Crippen molar-refractivity contribution in [3.63, 3.8) is 0 Å². The van der Waals surface area contributed by atoms with Gasteiger partial charge in [-0.2, -0.15) is 0 Å². The number of pyridine rings is 1. The lowest BCUT2D eigenvalue weighted by molar-refractivity contribution is -0.142. The largest absolute Gasteiger partial charge is 0.486 e. The fourth-order valence-electron chi connectivity index (χ4n) is 8.14. The van der Waals surface area contributed by atoms with Crippen molar-refractivity contribution in [2.45, 2.75) is 121 Å². The van der Waals surface area contributed by atoms with E-state index in [1.807, 2.05) is 25.1 Å². The van der Waals surface area contributed by atoms with Crippen molar-refractivity contribution in [2.75, 3.05) is 19.8 Å². The van der Waals surface area contributed by atoms with Crippen LogP contribution < -0.4 is 29.6 Å². The van der Waals surface area contributed by atoms with Crippen LogP contribution in [0.25, 0.3) is 10.8 Å². The molecule has 56 heavy (non-hydrogen) atoms. The van der Waals surface area contributed by atoms with E-state index in [9.17, 15) is 27.6 Å². The van der Waals surface area contributed by atoms with Gasteiger partial charge in [0, 0.05) is 29.3 Å². The van der Waals surface area contributed by atoms with Crippen LogP contribution in [0.2, 0.25) is 0 Å². The Morgan fingerprint density at radius 2 is 1.84 bits per heavy atom. The van der Waals surface area contributed by atoms with Gasteiger partial charge >= 0.3 is 6.09 Å². The van der Waals surface area contributed by atoms with E-state index >= 15 is 0 Å². The summed E-state index contributed by atoms with van der Waals surface area (Å²) in [5, 5.41) is 6.52. The highest BCUT2D eigenvalue weighted by molar-refractivity contribution is 7.91. The number of ether oxygens (including phenoxy) is 4. The van der Waals surface area contributed by atoms with Crippen LogP contribution in [0.15, 0.2) is 36.5 Å². The number of allylic oxidation sites excluding steroid dienone is 1. The molecule has 0 spiro atoms.